The molecule has 0 bridgehead atoms. The molecule has 0 radical (unpaired) electrons. The molecule has 0 atom stereocenters. The molecule has 2 aromatic carbocycles. The summed E-state index contributed by atoms with van der Waals surface area (Å²) in [5, 5.41) is 20.7. The Bertz CT molecular complexity index is 561. The fourth-order valence-electron chi connectivity index (χ4n) is 1.99. The van der Waals surface area contributed by atoms with Gasteiger partial charge in [-0.05, 0) is 36.6 Å². The van der Waals surface area contributed by atoms with Crippen molar-refractivity contribution in [3.8, 4) is 0 Å². The lowest BCUT2D eigenvalue weighted by atomic mass is 10.1. The molecule has 4 nitrogen and oxygen atoms in total. The normalized spacial score (nSPS) is 10.0. The van der Waals surface area contributed by atoms with Crippen LogP contribution in [0.25, 0.3) is 0 Å². The summed E-state index contributed by atoms with van der Waals surface area (Å²) in [4.78, 5) is 0. The Labute approximate surface area is 126 Å². The second-order valence-corrected chi connectivity index (χ2v) is 4.62. The highest BCUT2D eigenvalue weighted by Crippen LogP contribution is 2.23. The van der Waals surface area contributed by atoms with Crippen LogP contribution in [0.1, 0.15) is 31.7 Å². The van der Waals surface area contributed by atoms with Gasteiger partial charge in [-0.1, -0.05) is 56.2 Å². The lowest BCUT2D eigenvalue weighted by Gasteiger charge is -2.03. The third-order valence-electron chi connectivity index (χ3n) is 3.07. The zero-order valence-corrected chi connectivity index (χ0v) is 12.3. The lowest BCUT2D eigenvalue weighted by molar-refractivity contribution is 0.717. The first-order valence-electron chi connectivity index (χ1n) is 7.15. The number of hydrogen-bond acceptors (Lipinski definition) is 4. The Hall–Kier alpha value is -2.54. The molecule has 0 unspecified atom stereocenters. The van der Waals surface area contributed by atoms with Crippen LogP contribution in [-0.4, -0.2) is 0 Å². The molecule has 0 fully saturated rings. The molecule has 2 rings (SSSR count). The van der Waals surface area contributed by atoms with Crippen LogP contribution in [0.5, 0.6) is 0 Å². The predicted octanol–water partition coefficient (Wildman–Crippen LogP) is 5.86. The highest BCUT2D eigenvalue weighted by atomic mass is 15.1. The van der Waals surface area contributed by atoms with Gasteiger partial charge in [0.25, 0.3) is 0 Å². The minimum absolute atomic E-state index is 0.894. The van der Waals surface area contributed by atoms with E-state index in [4.69, 9.17) is 10.8 Å². The highest BCUT2D eigenvalue weighted by molar-refractivity contribution is 5.46. The Morgan fingerprint density at radius 2 is 1.48 bits per heavy atom. The van der Waals surface area contributed by atoms with E-state index in [0.29, 0.717) is 0 Å². The molecule has 0 saturated carbocycles. The number of aryl methyl sites for hydroxylation is 1. The second kappa shape index (κ2) is 10.3. The van der Waals surface area contributed by atoms with Crippen molar-refractivity contribution in [2.45, 2.75) is 32.6 Å². The van der Waals surface area contributed by atoms with E-state index in [1.54, 1.807) is 0 Å². The summed E-state index contributed by atoms with van der Waals surface area (Å²) >= 11 is 0. The van der Waals surface area contributed by atoms with Gasteiger partial charge in [0.1, 0.15) is 0 Å². The fourth-order valence-corrected chi connectivity index (χ4v) is 1.99. The average Bonchev–Trinajstić information content (AvgIpc) is 2.57. The van der Waals surface area contributed by atoms with Crippen molar-refractivity contribution in [1.29, 1.82) is 10.8 Å². The zero-order chi connectivity index (χ0) is 15.3. The maximum atomic E-state index is 6.00. The van der Waals surface area contributed by atoms with Crippen molar-refractivity contribution in [3.05, 3.63) is 60.2 Å². The number of azo groups is 1. The fraction of sp³-hybridized carbons (Fsp3) is 0.294. The van der Waals surface area contributed by atoms with E-state index < -0.39 is 0 Å². The van der Waals surface area contributed by atoms with Gasteiger partial charge in [0.15, 0.2) is 0 Å². The molecule has 0 aliphatic carbocycles. The summed E-state index contributed by atoms with van der Waals surface area (Å²) in [5.41, 5.74) is 3.17. The molecule has 4 heteroatoms. The van der Waals surface area contributed by atoms with Gasteiger partial charge >= 0.3 is 0 Å². The van der Waals surface area contributed by atoms with E-state index in [9.17, 15) is 0 Å². The smallest absolute Gasteiger partial charge is 0.0889 e. The van der Waals surface area contributed by atoms with Crippen molar-refractivity contribution >= 4 is 11.4 Å². The summed E-state index contributed by atoms with van der Waals surface area (Å²) in [6.07, 6.45) is 4.81. The molecule has 0 heterocycles. The summed E-state index contributed by atoms with van der Waals surface area (Å²) < 4.78 is 0. The Balaban J connectivity index is 0.00000106. The summed E-state index contributed by atoms with van der Waals surface area (Å²) in [5.74, 6) is 0. The number of rotatable bonds is 6. The maximum absolute atomic E-state index is 6.00. The van der Waals surface area contributed by atoms with Gasteiger partial charge in [-0.3, -0.25) is 0 Å². The summed E-state index contributed by atoms with van der Waals surface area (Å²) in [7, 11) is 0. The molecule has 21 heavy (non-hydrogen) atoms. The van der Waals surface area contributed by atoms with E-state index in [0.717, 1.165) is 17.8 Å². The third kappa shape index (κ3) is 5.96. The van der Waals surface area contributed by atoms with Crippen molar-refractivity contribution in [3.63, 3.8) is 0 Å². The van der Waals surface area contributed by atoms with Gasteiger partial charge < -0.3 is 0 Å². The standard InChI is InChI=1S/C17H20N2.N2/c1-2-3-5-10-15-11-8-9-14-17(15)19-18-16-12-6-4-7-13-16;1-2/h4,6-9,11-14H,2-3,5,10H2,1H3;. The van der Waals surface area contributed by atoms with Crippen LogP contribution in [0, 0.1) is 10.8 Å². The Morgan fingerprint density at radius 1 is 0.810 bits per heavy atom. The van der Waals surface area contributed by atoms with E-state index in [1.165, 1.54) is 24.8 Å². The summed E-state index contributed by atoms with van der Waals surface area (Å²) in [6.45, 7) is 2.22. The second-order valence-electron chi connectivity index (χ2n) is 4.62. The predicted molar refractivity (Wildman–Crippen MR) is 83.7 cm³/mol. The molecule has 0 aliphatic heterocycles. The van der Waals surface area contributed by atoms with Gasteiger partial charge in [-0.15, -0.1) is 0 Å². The Morgan fingerprint density at radius 3 is 2.19 bits per heavy atom. The van der Waals surface area contributed by atoms with Crippen molar-refractivity contribution < 1.29 is 0 Å². The third-order valence-corrected chi connectivity index (χ3v) is 3.07. The van der Waals surface area contributed by atoms with E-state index in [2.05, 4.69) is 29.3 Å². The average molecular weight is 280 g/mol. The summed E-state index contributed by atoms with van der Waals surface area (Å²) in [6, 6.07) is 18.1. The minimum Gasteiger partial charge on any atom is -0.151 e. The molecule has 0 saturated heterocycles. The van der Waals surface area contributed by atoms with Gasteiger partial charge in [-0.2, -0.15) is 10.2 Å². The van der Waals surface area contributed by atoms with E-state index in [1.807, 2.05) is 42.5 Å². The van der Waals surface area contributed by atoms with Crippen LogP contribution >= 0.6 is 0 Å². The Kier molecular flexibility index (Phi) is 8.08. The van der Waals surface area contributed by atoms with Crippen LogP contribution in [0.2, 0.25) is 0 Å². The molecule has 0 amide bonds. The van der Waals surface area contributed by atoms with Crippen molar-refractivity contribution in [2.24, 2.45) is 10.2 Å². The molecule has 0 N–H and O–H groups in total. The van der Waals surface area contributed by atoms with Crippen LogP contribution < -0.4 is 0 Å². The van der Waals surface area contributed by atoms with Crippen LogP contribution in [0.4, 0.5) is 11.4 Å². The molecule has 0 spiro atoms. The quantitative estimate of drug-likeness (QED) is 0.377. The number of hydrogen-bond donors (Lipinski definition) is 0. The van der Waals surface area contributed by atoms with Crippen LogP contribution in [0.15, 0.2) is 64.8 Å². The maximum Gasteiger partial charge on any atom is 0.0889 e. The van der Waals surface area contributed by atoms with Gasteiger partial charge in [-0.25, -0.2) is 0 Å². The monoisotopic (exact) mass is 280 g/mol. The van der Waals surface area contributed by atoms with Crippen LogP contribution in [0.3, 0.4) is 0 Å². The molecule has 108 valence electrons. The van der Waals surface area contributed by atoms with Gasteiger partial charge in [0.2, 0.25) is 0 Å². The number of nitrogens with zero attached hydrogens (tertiary/aromatic N) is 4. The van der Waals surface area contributed by atoms with E-state index >= 15 is 0 Å². The zero-order valence-electron chi connectivity index (χ0n) is 12.3. The lowest BCUT2D eigenvalue weighted by Crippen LogP contribution is -1.85. The highest BCUT2D eigenvalue weighted by Gasteiger charge is 2.00. The number of benzene rings is 2. The van der Waals surface area contributed by atoms with Gasteiger partial charge in [0, 0.05) is 10.8 Å². The van der Waals surface area contributed by atoms with Crippen molar-refractivity contribution in [1.82, 2.24) is 0 Å². The molecule has 2 aromatic rings. The SMILES string of the molecule is CCCCCc1ccccc1N=Nc1ccccc1.N#N. The minimum atomic E-state index is 0.894. The number of unbranched alkanes of at least 4 members (excludes halogenated alkanes) is 2. The largest absolute Gasteiger partial charge is 0.151 e. The first-order valence-corrected chi connectivity index (χ1v) is 7.15. The first-order chi connectivity index (χ1) is 10.4. The molecule has 0 aliphatic rings. The topological polar surface area (TPSA) is 72.3 Å². The first kappa shape index (κ1) is 16.5. The molecule has 0 aromatic heterocycles. The van der Waals surface area contributed by atoms with Crippen molar-refractivity contribution in [2.75, 3.05) is 0 Å². The van der Waals surface area contributed by atoms with Crippen LogP contribution in [-0.2, 0) is 6.42 Å². The molecular weight excluding hydrogens is 260 g/mol. The molecular formula is C17H20N4. The van der Waals surface area contributed by atoms with Gasteiger partial charge in [0.05, 0.1) is 11.4 Å². The van der Waals surface area contributed by atoms with E-state index in [-0.39, 0.29) is 0 Å².